The number of nitro benzene ring substituents is 1. The van der Waals surface area contributed by atoms with Crippen LogP contribution in [0.15, 0.2) is 45.6 Å². The molecule has 0 radical (unpaired) electrons. The minimum Gasteiger partial charge on any atom is -0.407 e. The predicted molar refractivity (Wildman–Crippen MR) is 108 cm³/mol. The Morgan fingerprint density at radius 3 is 2.86 bits per heavy atom. The molecule has 2 aromatic carbocycles. The smallest absolute Gasteiger partial charge is 0.407 e. The molecule has 0 aliphatic carbocycles. The summed E-state index contributed by atoms with van der Waals surface area (Å²) in [5.41, 5.74) is 2.46. The molecule has 1 aliphatic heterocycles. The maximum atomic E-state index is 12.7. The second-order valence-corrected chi connectivity index (χ2v) is 7.39. The van der Waals surface area contributed by atoms with Crippen molar-refractivity contribution in [1.29, 1.82) is 0 Å². The summed E-state index contributed by atoms with van der Waals surface area (Å²) in [6, 6.07) is 9.60. The van der Waals surface area contributed by atoms with Gasteiger partial charge in [-0.15, -0.1) is 0 Å². The quantitative estimate of drug-likeness (QED) is 0.464. The average Bonchev–Trinajstić information content (AvgIpc) is 3.01. The Labute approximate surface area is 170 Å². The van der Waals surface area contributed by atoms with Gasteiger partial charge in [0.15, 0.2) is 5.58 Å². The lowest BCUT2D eigenvalue weighted by Gasteiger charge is -2.29. The summed E-state index contributed by atoms with van der Waals surface area (Å²) in [6.07, 6.45) is 2.49. The van der Waals surface area contributed by atoms with Crippen molar-refractivity contribution in [2.24, 2.45) is 0 Å². The molecule has 2 heterocycles. The highest BCUT2D eigenvalue weighted by molar-refractivity contribution is 6.30. The van der Waals surface area contributed by atoms with Gasteiger partial charge in [0.2, 0.25) is 5.91 Å². The first-order valence-corrected chi connectivity index (χ1v) is 9.68. The van der Waals surface area contributed by atoms with E-state index in [4.69, 9.17) is 16.0 Å². The molecule has 3 aromatic rings. The fraction of sp³-hybridized carbons (Fsp3) is 0.300. The van der Waals surface area contributed by atoms with Gasteiger partial charge in [0.25, 0.3) is 5.69 Å². The van der Waals surface area contributed by atoms with Crippen molar-refractivity contribution in [1.82, 2.24) is 4.57 Å². The van der Waals surface area contributed by atoms with Crippen LogP contribution in [0.5, 0.6) is 0 Å². The van der Waals surface area contributed by atoms with Crippen molar-refractivity contribution >= 4 is 40.0 Å². The monoisotopic (exact) mass is 415 g/mol. The van der Waals surface area contributed by atoms with Crippen LogP contribution < -0.4 is 10.7 Å². The largest absolute Gasteiger partial charge is 0.419 e. The number of aromatic nitrogens is 1. The summed E-state index contributed by atoms with van der Waals surface area (Å²) in [5.74, 6) is -0.601. The number of aryl methyl sites for hydroxylation is 2. The van der Waals surface area contributed by atoms with E-state index in [-0.39, 0.29) is 30.1 Å². The summed E-state index contributed by atoms with van der Waals surface area (Å²) < 4.78 is 6.52. The molecule has 0 spiro atoms. The van der Waals surface area contributed by atoms with Crippen molar-refractivity contribution < 1.29 is 14.1 Å². The lowest BCUT2D eigenvalue weighted by atomic mass is 10.0. The van der Waals surface area contributed by atoms with Crippen LogP contribution >= 0.6 is 11.6 Å². The number of hydrogen-bond acceptors (Lipinski definition) is 5. The molecular weight excluding hydrogens is 398 g/mol. The highest BCUT2D eigenvalue weighted by Gasteiger charge is 2.22. The van der Waals surface area contributed by atoms with E-state index in [0.29, 0.717) is 23.5 Å². The Kier molecular flexibility index (Phi) is 5.10. The minimum atomic E-state index is -0.592. The summed E-state index contributed by atoms with van der Waals surface area (Å²) in [7, 11) is 0. The van der Waals surface area contributed by atoms with E-state index in [1.807, 2.05) is 12.1 Å². The number of anilines is 1. The topological polar surface area (TPSA) is 98.6 Å². The van der Waals surface area contributed by atoms with Crippen LogP contribution in [0.25, 0.3) is 11.1 Å². The number of non-ortho nitro benzene ring substituents is 1. The van der Waals surface area contributed by atoms with E-state index < -0.39 is 10.7 Å². The third-order valence-corrected chi connectivity index (χ3v) is 5.33. The molecule has 0 saturated carbocycles. The van der Waals surface area contributed by atoms with Gasteiger partial charge >= 0.3 is 5.76 Å². The summed E-state index contributed by atoms with van der Waals surface area (Å²) in [4.78, 5) is 37.0. The normalized spacial score (nSPS) is 13.5. The van der Waals surface area contributed by atoms with E-state index in [0.717, 1.165) is 24.1 Å². The minimum absolute atomic E-state index is 0.00948. The van der Waals surface area contributed by atoms with Crippen molar-refractivity contribution in [3.8, 4) is 0 Å². The number of amides is 1. The van der Waals surface area contributed by atoms with Gasteiger partial charge < -0.3 is 9.32 Å². The molecule has 150 valence electrons. The molecule has 0 unspecified atom stereocenters. The Balaban J connectivity index is 1.46. The second kappa shape index (κ2) is 7.71. The van der Waals surface area contributed by atoms with Crippen LogP contribution in [-0.2, 0) is 17.8 Å². The number of oxazole rings is 1. The predicted octanol–water partition coefficient (Wildman–Crippen LogP) is 3.92. The van der Waals surface area contributed by atoms with Gasteiger partial charge in [0.1, 0.15) is 0 Å². The van der Waals surface area contributed by atoms with Gasteiger partial charge in [-0.3, -0.25) is 19.5 Å². The van der Waals surface area contributed by atoms with Crippen LogP contribution in [0.3, 0.4) is 0 Å². The van der Waals surface area contributed by atoms with Gasteiger partial charge in [0, 0.05) is 36.3 Å². The second-order valence-electron chi connectivity index (χ2n) is 6.95. The molecular formula is C20H18ClN3O5. The number of nitro groups is 1. The van der Waals surface area contributed by atoms with Gasteiger partial charge in [0.05, 0.1) is 16.5 Å². The van der Waals surface area contributed by atoms with E-state index in [1.54, 1.807) is 11.0 Å². The molecule has 4 rings (SSSR count). The molecule has 8 nitrogen and oxygen atoms in total. The number of nitrogens with zero attached hydrogens (tertiary/aromatic N) is 3. The Morgan fingerprint density at radius 2 is 2.07 bits per heavy atom. The molecule has 29 heavy (non-hydrogen) atoms. The van der Waals surface area contributed by atoms with E-state index >= 15 is 0 Å². The van der Waals surface area contributed by atoms with Crippen LogP contribution in [0.4, 0.5) is 11.4 Å². The van der Waals surface area contributed by atoms with Gasteiger partial charge in [-0.05, 0) is 49.1 Å². The number of hydrogen-bond donors (Lipinski definition) is 0. The first-order chi connectivity index (χ1) is 13.9. The molecule has 0 fully saturated rings. The average molecular weight is 416 g/mol. The fourth-order valence-electron chi connectivity index (χ4n) is 3.73. The van der Waals surface area contributed by atoms with Crippen LogP contribution in [0, 0.1) is 10.1 Å². The van der Waals surface area contributed by atoms with Crippen LogP contribution in [0.1, 0.15) is 24.8 Å². The van der Waals surface area contributed by atoms with E-state index in [2.05, 4.69) is 0 Å². The highest BCUT2D eigenvalue weighted by Crippen LogP contribution is 2.30. The van der Waals surface area contributed by atoms with Crippen molar-refractivity contribution in [3.63, 3.8) is 0 Å². The fourth-order valence-corrected chi connectivity index (χ4v) is 3.92. The molecule has 1 aliphatic rings. The maximum Gasteiger partial charge on any atom is 0.419 e. The first kappa shape index (κ1) is 19.2. The molecule has 1 aromatic heterocycles. The third kappa shape index (κ3) is 3.75. The zero-order valence-electron chi connectivity index (χ0n) is 15.5. The lowest BCUT2D eigenvalue weighted by Crippen LogP contribution is -2.35. The molecule has 0 bridgehead atoms. The Bertz CT molecular complexity index is 1170. The lowest BCUT2D eigenvalue weighted by molar-refractivity contribution is -0.384. The first-order valence-electron chi connectivity index (χ1n) is 9.30. The van der Waals surface area contributed by atoms with Gasteiger partial charge in [-0.1, -0.05) is 11.6 Å². The van der Waals surface area contributed by atoms with Crippen molar-refractivity contribution in [2.75, 3.05) is 11.4 Å². The standard InChI is InChI=1S/C20H18ClN3O5/c21-14-5-7-16-13(11-14)3-1-9-22(16)19(25)4-2-10-23-17-8-6-15(24(27)28)12-18(17)29-20(23)26/h5-8,11-12H,1-4,9-10H2. The van der Waals surface area contributed by atoms with E-state index in [9.17, 15) is 19.7 Å². The number of carbonyl (C=O) groups excluding carboxylic acids is 1. The third-order valence-electron chi connectivity index (χ3n) is 5.10. The number of rotatable bonds is 5. The number of fused-ring (bicyclic) bond motifs is 2. The Morgan fingerprint density at radius 1 is 1.24 bits per heavy atom. The number of benzene rings is 2. The van der Waals surface area contributed by atoms with Crippen LogP contribution in [-0.4, -0.2) is 21.9 Å². The summed E-state index contributed by atoms with van der Waals surface area (Å²) >= 11 is 6.05. The molecule has 0 saturated heterocycles. The maximum absolute atomic E-state index is 12.7. The van der Waals surface area contributed by atoms with Crippen molar-refractivity contribution in [3.05, 3.63) is 67.6 Å². The highest BCUT2D eigenvalue weighted by atomic mass is 35.5. The van der Waals surface area contributed by atoms with Gasteiger partial charge in [-0.2, -0.15) is 0 Å². The summed E-state index contributed by atoms with van der Waals surface area (Å²) in [5, 5.41) is 11.5. The molecule has 0 atom stereocenters. The molecule has 9 heteroatoms. The SMILES string of the molecule is O=C(CCCn1c(=O)oc2cc([N+](=O)[O-])ccc21)N1CCCc2cc(Cl)ccc21. The zero-order valence-corrected chi connectivity index (χ0v) is 16.2. The molecule has 1 amide bonds. The zero-order chi connectivity index (χ0) is 20.5. The summed E-state index contributed by atoms with van der Waals surface area (Å²) in [6.45, 7) is 0.947. The van der Waals surface area contributed by atoms with Crippen molar-refractivity contribution in [2.45, 2.75) is 32.2 Å². The number of halogens is 1. The van der Waals surface area contributed by atoms with Crippen LogP contribution in [0.2, 0.25) is 5.02 Å². The number of carbonyl (C=O) groups is 1. The van der Waals surface area contributed by atoms with E-state index in [1.165, 1.54) is 22.8 Å². The van der Waals surface area contributed by atoms with Gasteiger partial charge in [-0.25, -0.2) is 4.79 Å². The Hall–Kier alpha value is -3.13. The molecule has 0 N–H and O–H groups in total.